The van der Waals surface area contributed by atoms with Crippen molar-refractivity contribution in [2.24, 2.45) is 5.41 Å². The lowest BCUT2D eigenvalue weighted by molar-refractivity contribution is -0.124. The number of halogens is 3. The predicted molar refractivity (Wildman–Crippen MR) is 79.7 cm³/mol. The Kier molecular flexibility index (Phi) is 4.07. The van der Waals surface area contributed by atoms with Crippen LogP contribution in [0.15, 0.2) is 24.3 Å². The zero-order valence-corrected chi connectivity index (χ0v) is 13.0. The van der Waals surface area contributed by atoms with Crippen LogP contribution in [0, 0.1) is 5.41 Å². The first-order valence-electron chi connectivity index (χ1n) is 5.98. The van der Waals surface area contributed by atoms with Crippen LogP contribution in [0.1, 0.15) is 26.2 Å². The van der Waals surface area contributed by atoms with Gasteiger partial charge in [-0.25, -0.2) is 4.39 Å². The largest absolute Gasteiger partial charge is 0.353 e. The zero-order chi connectivity index (χ0) is 13.4. The van der Waals surface area contributed by atoms with Crippen LogP contribution >= 0.6 is 34.2 Å². The molecule has 0 heterocycles. The molecule has 2 unspecified atom stereocenters. The number of nitrogens with one attached hydrogen (secondary N) is 1. The van der Waals surface area contributed by atoms with E-state index in [0.717, 1.165) is 0 Å². The molecule has 2 atom stereocenters. The molecule has 1 N–H and O–H groups in total. The van der Waals surface area contributed by atoms with E-state index in [-0.39, 0.29) is 22.7 Å². The second-order valence-corrected chi connectivity index (χ2v) is 7.76. The van der Waals surface area contributed by atoms with Crippen molar-refractivity contribution in [3.8, 4) is 0 Å². The first kappa shape index (κ1) is 14.3. The standard InChI is InChI=1S/C13H16ClFINO/c1-12(5-3-2-4-10(12)14)8-11(18)17-9-6-13(15,16)7-9/h2-5,9-10H,6-8H2,1H3,(H,17,18). The molecule has 2 aliphatic rings. The molecule has 0 aromatic rings. The first-order chi connectivity index (χ1) is 8.31. The van der Waals surface area contributed by atoms with Gasteiger partial charge in [-0.05, 0) is 22.6 Å². The van der Waals surface area contributed by atoms with Gasteiger partial charge in [0.1, 0.15) is 0 Å². The van der Waals surface area contributed by atoms with E-state index in [1.54, 1.807) is 22.6 Å². The lowest BCUT2D eigenvalue weighted by Gasteiger charge is -2.38. The van der Waals surface area contributed by atoms with Gasteiger partial charge >= 0.3 is 0 Å². The summed E-state index contributed by atoms with van der Waals surface area (Å²) in [5, 5.41) is 2.68. The van der Waals surface area contributed by atoms with Crippen molar-refractivity contribution < 1.29 is 9.18 Å². The van der Waals surface area contributed by atoms with Crippen molar-refractivity contribution >= 4 is 40.1 Å². The van der Waals surface area contributed by atoms with Gasteiger partial charge in [0.05, 0.1) is 5.38 Å². The molecule has 0 bridgehead atoms. The normalized spacial score (nSPS) is 42.4. The second kappa shape index (κ2) is 5.12. The van der Waals surface area contributed by atoms with Gasteiger partial charge in [0.25, 0.3) is 0 Å². The molecule has 100 valence electrons. The summed E-state index contributed by atoms with van der Waals surface area (Å²) < 4.78 is 12.2. The number of allylic oxidation sites excluding steroid dienone is 4. The fraction of sp³-hybridized carbons (Fsp3) is 0.615. The van der Waals surface area contributed by atoms with Gasteiger partial charge in [0, 0.05) is 30.7 Å². The Balaban J connectivity index is 1.85. The molecule has 2 aliphatic carbocycles. The summed E-state index contributed by atoms with van der Waals surface area (Å²) in [4.78, 5) is 11.9. The molecule has 2 nitrogen and oxygen atoms in total. The fourth-order valence-corrected chi connectivity index (χ4v) is 3.59. The summed E-state index contributed by atoms with van der Waals surface area (Å²) >= 11 is 8.01. The average molecular weight is 384 g/mol. The van der Waals surface area contributed by atoms with E-state index in [1.807, 2.05) is 31.2 Å². The predicted octanol–water partition coefficient (Wildman–Crippen LogP) is 3.50. The molecule has 0 saturated heterocycles. The summed E-state index contributed by atoms with van der Waals surface area (Å²) in [7, 11) is 0. The van der Waals surface area contributed by atoms with Crippen molar-refractivity contribution in [2.45, 2.75) is 41.3 Å². The van der Waals surface area contributed by atoms with Crippen LogP contribution < -0.4 is 5.32 Å². The summed E-state index contributed by atoms with van der Waals surface area (Å²) in [5.74, 6) is -0.0556. The lowest BCUT2D eigenvalue weighted by Crippen LogP contribution is -2.50. The topological polar surface area (TPSA) is 29.1 Å². The van der Waals surface area contributed by atoms with Crippen LogP contribution in [-0.2, 0) is 4.79 Å². The highest BCUT2D eigenvalue weighted by molar-refractivity contribution is 14.1. The number of hydrogen-bond donors (Lipinski definition) is 1. The Morgan fingerprint density at radius 1 is 1.56 bits per heavy atom. The number of amides is 1. The van der Waals surface area contributed by atoms with E-state index in [4.69, 9.17) is 11.6 Å². The van der Waals surface area contributed by atoms with Gasteiger partial charge in [-0.1, -0.05) is 31.2 Å². The highest BCUT2D eigenvalue weighted by atomic mass is 127. The Labute approximate surface area is 125 Å². The summed E-state index contributed by atoms with van der Waals surface area (Å²) in [6.45, 7) is 1.96. The quantitative estimate of drug-likeness (QED) is 0.587. The molecule has 1 fully saturated rings. The molecule has 2 rings (SSSR count). The maximum Gasteiger partial charge on any atom is 0.221 e. The number of alkyl halides is 3. The summed E-state index contributed by atoms with van der Waals surface area (Å²) in [5.41, 5.74) is -0.360. The third-order valence-corrected chi connectivity index (χ3v) is 5.02. The third-order valence-electron chi connectivity index (χ3n) is 3.49. The van der Waals surface area contributed by atoms with E-state index in [2.05, 4.69) is 5.32 Å². The molecule has 1 saturated carbocycles. The van der Waals surface area contributed by atoms with Crippen molar-refractivity contribution in [3.63, 3.8) is 0 Å². The molecule has 0 aromatic heterocycles. The minimum absolute atomic E-state index is 0.0279. The van der Waals surface area contributed by atoms with E-state index in [9.17, 15) is 9.18 Å². The number of hydrogen-bond acceptors (Lipinski definition) is 1. The number of rotatable bonds is 3. The van der Waals surface area contributed by atoms with E-state index < -0.39 is 3.68 Å². The SMILES string of the molecule is CC1(CC(=O)NC2CC(F)(I)C2)C=CC=CC1Cl. The second-order valence-electron chi connectivity index (χ2n) is 5.36. The molecule has 5 heteroatoms. The van der Waals surface area contributed by atoms with Crippen LogP contribution in [-0.4, -0.2) is 21.0 Å². The minimum Gasteiger partial charge on any atom is -0.353 e. The van der Waals surface area contributed by atoms with Crippen molar-refractivity contribution in [2.75, 3.05) is 0 Å². The maximum absolute atomic E-state index is 13.3. The Morgan fingerprint density at radius 2 is 2.22 bits per heavy atom. The molecular weight excluding hydrogens is 368 g/mol. The molecule has 1 amide bonds. The molecule has 18 heavy (non-hydrogen) atoms. The highest BCUT2D eigenvalue weighted by Gasteiger charge is 2.43. The molecular formula is C13H16ClFINO. The minimum atomic E-state index is -1.14. The van der Waals surface area contributed by atoms with Crippen LogP contribution in [0.25, 0.3) is 0 Å². The Bertz CT molecular complexity index is 402. The van der Waals surface area contributed by atoms with Gasteiger partial charge in [0.2, 0.25) is 5.91 Å². The highest BCUT2D eigenvalue weighted by Crippen LogP contribution is 2.42. The van der Waals surface area contributed by atoms with Crippen molar-refractivity contribution in [3.05, 3.63) is 24.3 Å². The first-order valence-corrected chi connectivity index (χ1v) is 7.50. The third kappa shape index (κ3) is 3.26. The van der Waals surface area contributed by atoms with Gasteiger partial charge in [-0.3, -0.25) is 4.79 Å². The molecule has 0 aliphatic heterocycles. The van der Waals surface area contributed by atoms with Crippen molar-refractivity contribution in [1.29, 1.82) is 0 Å². The van der Waals surface area contributed by atoms with Gasteiger partial charge in [-0.2, -0.15) is 0 Å². The van der Waals surface area contributed by atoms with E-state index >= 15 is 0 Å². The Morgan fingerprint density at radius 3 is 2.78 bits per heavy atom. The van der Waals surface area contributed by atoms with E-state index in [0.29, 0.717) is 19.3 Å². The van der Waals surface area contributed by atoms with Crippen LogP contribution in [0.5, 0.6) is 0 Å². The summed E-state index contributed by atoms with van der Waals surface area (Å²) in [6.07, 6.45) is 8.77. The van der Waals surface area contributed by atoms with Crippen LogP contribution in [0.3, 0.4) is 0 Å². The average Bonchev–Trinajstić information content (AvgIpc) is 2.19. The van der Waals surface area contributed by atoms with E-state index in [1.165, 1.54) is 0 Å². The lowest BCUT2D eigenvalue weighted by atomic mass is 9.79. The van der Waals surface area contributed by atoms with Gasteiger partial charge < -0.3 is 5.32 Å². The zero-order valence-electron chi connectivity index (χ0n) is 10.1. The maximum atomic E-state index is 13.3. The van der Waals surface area contributed by atoms with Crippen LogP contribution in [0.2, 0.25) is 0 Å². The molecule has 0 radical (unpaired) electrons. The fourth-order valence-electron chi connectivity index (χ4n) is 2.29. The summed E-state index contributed by atoms with van der Waals surface area (Å²) in [6, 6.07) is -0.0279. The Hall–Kier alpha value is -0.100. The number of carbonyl (C=O) groups is 1. The molecule has 0 spiro atoms. The van der Waals surface area contributed by atoms with Crippen molar-refractivity contribution in [1.82, 2.24) is 5.32 Å². The van der Waals surface area contributed by atoms with Gasteiger partial charge in [0.15, 0.2) is 3.68 Å². The molecule has 0 aromatic carbocycles. The smallest absolute Gasteiger partial charge is 0.221 e. The van der Waals surface area contributed by atoms with Crippen LogP contribution in [0.4, 0.5) is 4.39 Å². The van der Waals surface area contributed by atoms with Gasteiger partial charge in [-0.15, -0.1) is 11.6 Å². The number of carbonyl (C=O) groups excluding carboxylic acids is 1. The monoisotopic (exact) mass is 383 g/mol.